The molecule has 2 unspecified atom stereocenters. The Labute approximate surface area is 144 Å². The normalized spacial score (nSPS) is 26.2. The zero-order valence-corrected chi connectivity index (χ0v) is 14.5. The summed E-state index contributed by atoms with van der Waals surface area (Å²) >= 11 is 0. The molecule has 0 spiro atoms. The molecular weight excluding hydrogens is 296 g/mol. The van der Waals surface area contributed by atoms with Crippen LogP contribution in [0.1, 0.15) is 51.0 Å². The molecule has 1 aliphatic carbocycles. The van der Waals surface area contributed by atoms with Crippen LogP contribution in [0.4, 0.5) is 11.4 Å². The van der Waals surface area contributed by atoms with Crippen molar-refractivity contribution in [3.05, 3.63) is 47.1 Å². The summed E-state index contributed by atoms with van der Waals surface area (Å²) < 4.78 is 0. The first-order valence-electron chi connectivity index (χ1n) is 8.85. The van der Waals surface area contributed by atoms with E-state index < -0.39 is 0 Å². The van der Waals surface area contributed by atoms with Gasteiger partial charge in [-0.2, -0.15) is 5.11 Å². The van der Waals surface area contributed by atoms with Crippen LogP contribution in [0.25, 0.3) is 0 Å². The second kappa shape index (κ2) is 7.12. The quantitative estimate of drug-likeness (QED) is 0.555. The molecule has 3 N–H and O–H groups in total. The molecular formula is C20H26N4. The lowest BCUT2D eigenvalue weighted by Gasteiger charge is -2.31. The summed E-state index contributed by atoms with van der Waals surface area (Å²) in [5.41, 5.74) is 20.0. The third kappa shape index (κ3) is 3.05. The van der Waals surface area contributed by atoms with Gasteiger partial charge in [0.1, 0.15) is 5.69 Å². The van der Waals surface area contributed by atoms with E-state index in [1.165, 1.54) is 16.9 Å². The Morgan fingerprint density at radius 2 is 2.21 bits per heavy atom. The van der Waals surface area contributed by atoms with Crippen molar-refractivity contribution in [3.8, 4) is 0 Å². The van der Waals surface area contributed by atoms with E-state index in [-0.39, 0.29) is 5.92 Å². The molecule has 4 heteroatoms. The Morgan fingerprint density at radius 3 is 2.96 bits per heavy atom. The van der Waals surface area contributed by atoms with Gasteiger partial charge in [0.2, 0.25) is 0 Å². The SMILES string of the molecule is CC/C1=C/CC(c2cccc(N=N)c2N)C(C)C2=NCCCC2=C1. The lowest BCUT2D eigenvalue weighted by Crippen LogP contribution is -2.26. The summed E-state index contributed by atoms with van der Waals surface area (Å²) in [5, 5.41) is 3.57. The number of hydrogen-bond acceptors (Lipinski definition) is 4. The molecule has 0 aromatic heterocycles. The van der Waals surface area contributed by atoms with Gasteiger partial charge in [0.05, 0.1) is 5.69 Å². The maximum Gasteiger partial charge on any atom is 0.108 e. The van der Waals surface area contributed by atoms with Gasteiger partial charge in [-0.15, -0.1) is 0 Å². The molecule has 0 bridgehead atoms. The Morgan fingerprint density at radius 1 is 1.38 bits per heavy atom. The monoisotopic (exact) mass is 322 g/mol. The maximum atomic E-state index is 7.33. The van der Waals surface area contributed by atoms with E-state index in [2.05, 4.69) is 37.2 Å². The largest absolute Gasteiger partial charge is 0.397 e. The fraction of sp³-hybridized carbons (Fsp3) is 0.450. The van der Waals surface area contributed by atoms with E-state index in [4.69, 9.17) is 16.3 Å². The summed E-state index contributed by atoms with van der Waals surface area (Å²) in [6, 6.07) is 5.84. The van der Waals surface area contributed by atoms with Crippen LogP contribution in [0, 0.1) is 11.4 Å². The second-order valence-corrected chi connectivity index (χ2v) is 6.70. The Hall–Kier alpha value is -2.23. The lowest BCUT2D eigenvalue weighted by molar-refractivity contribution is 0.569. The van der Waals surface area contributed by atoms with Crippen LogP contribution in [0.3, 0.4) is 0 Å². The topological polar surface area (TPSA) is 74.6 Å². The fourth-order valence-corrected chi connectivity index (χ4v) is 3.87. The number of rotatable bonds is 3. The third-order valence-corrected chi connectivity index (χ3v) is 5.29. The number of anilines is 1. The number of nitrogens with zero attached hydrogens (tertiary/aromatic N) is 2. The van der Waals surface area contributed by atoms with E-state index in [1.807, 2.05) is 6.07 Å². The zero-order chi connectivity index (χ0) is 17.1. The van der Waals surface area contributed by atoms with Crippen molar-refractivity contribution in [2.24, 2.45) is 16.0 Å². The molecule has 0 saturated heterocycles. The van der Waals surface area contributed by atoms with Crippen molar-refractivity contribution in [2.45, 2.75) is 45.4 Å². The van der Waals surface area contributed by atoms with Crippen molar-refractivity contribution >= 4 is 17.1 Å². The average molecular weight is 322 g/mol. The van der Waals surface area contributed by atoms with Gasteiger partial charge >= 0.3 is 0 Å². The second-order valence-electron chi connectivity index (χ2n) is 6.70. The van der Waals surface area contributed by atoms with E-state index in [0.29, 0.717) is 17.3 Å². The molecule has 2 aliphatic rings. The number of aliphatic imine (C=N–C) groups is 1. The molecule has 24 heavy (non-hydrogen) atoms. The van der Waals surface area contributed by atoms with Gasteiger partial charge in [-0.05, 0) is 48.8 Å². The van der Waals surface area contributed by atoms with Crippen LogP contribution in [0.15, 0.2) is 51.6 Å². The van der Waals surface area contributed by atoms with Crippen LogP contribution >= 0.6 is 0 Å². The molecule has 1 aromatic rings. The molecule has 0 radical (unpaired) electrons. The van der Waals surface area contributed by atoms with Crippen molar-refractivity contribution in [3.63, 3.8) is 0 Å². The molecule has 3 rings (SSSR count). The number of allylic oxidation sites excluding steroid dienone is 4. The highest BCUT2D eigenvalue weighted by Gasteiger charge is 2.29. The molecule has 2 atom stereocenters. The maximum absolute atomic E-state index is 7.33. The molecule has 1 aliphatic heterocycles. The van der Waals surface area contributed by atoms with E-state index in [0.717, 1.165) is 37.8 Å². The number of benzene rings is 1. The lowest BCUT2D eigenvalue weighted by atomic mass is 9.75. The standard InChI is InChI=1S/C20H26N4/c1-3-14-9-10-16(17-7-4-8-18(24-22)19(17)21)13(2)20-15(12-14)6-5-11-23-20/h4,7-9,12-13,16,22H,3,5-6,10-11,21H2,1-2H3/b14-9-,15-12?,24-22?. The van der Waals surface area contributed by atoms with Gasteiger partial charge in [-0.25, -0.2) is 5.53 Å². The first-order chi connectivity index (χ1) is 11.7. The Kier molecular flexibility index (Phi) is 4.93. The third-order valence-electron chi connectivity index (χ3n) is 5.29. The first-order valence-corrected chi connectivity index (χ1v) is 8.85. The molecule has 4 nitrogen and oxygen atoms in total. The van der Waals surface area contributed by atoms with Gasteiger partial charge in [0.15, 0.2) is 0 Å². The van der Waals surface area contributed by atoms with E-state index in [9.17, 15) is 0 Å². The number of para-hydroxylation sites is 1. The fourth-order valence-electron chi connectivity index (χ4n) is 3.87. The van der Waals surface area contributed by atoms with Crippen molar-refractivity contribution < 1.29 is 0 Å². The van der Waals surface area contributed by atoms with Crippen molar-refractivity contribution in [1.82, 2.24) is 0 Å². The Balaban J connectivity index is 2.08. The summed E-state index contributed by atoms with van der Waals surface area (Å²) in [5.74, 6) is 0.586. The van der Waals surface area contributed by atoms with Gasteiger partial charge < -0.3 is 5.73 Å². The molecule has 126 valence electrons. The summed E-state index contributed by atoms with van der Waals surface area (Å²) in [6.45, 7) is 5.39. The van der Waals surface area contributed by atoms with Gasteiger partial charge in [-0.3, -0.25) is 4.99 Å². The molecule has 1 heterocycles. The van der Waals surface area contributed by atoms with Crippen molar-refractivity contribution in [1.29, 1.82) is 5.53 Å². The minimum atomic E-state index is 0.272. The minimum absolute atomic E-state index is 0.272. The number of nitrogen functional groups attached to an aromatic ring is 1. The van der Waals surface area contributed by atoms with Crippen LogP contribution in [-0.4, -0.2) is 12.3 Å². The van der Waals surface area contributed by atoms with Crippen LogP contribution in [-0.2, 0) is 0 Å². The Bertz CT molecular complexity index is 727. The predicted molar refractivity (Wildman–Crippen MR) is 100 cm³/mol. The smallest absolute Gasteiger partial charge is 0.108 e. The molecule has 1 aromatic carbocycles. The highest BCUT2D eigenvalue weighted by molar-refractivity contribution is 6.03. The van der Waals surface area contributed by atoms with Crippen LogP contribution < -0.4 is 5.73 Å². The van der Waals surface area contributed by atoms with E-state index in [1.54, 1.807) is 6.07 Å². The zero-order valence-electron chi connectivity index (χ0n) is 14.5. The van der Waals surface area contributed by atoms with Crippen LogP contribution in [0.2, 0.25) is 0 Å². The van der Waals surface area contributed by atoms with E-state index >= 15 is 0 Å². The van der Waals surface area contributed by atoms with Gasteiger partial charge in [-0.1, -0.05) is 43.7 Å². The van der Waals surface area contributed by atoms with Crippen LogP contribution in [0.5, 0.6) is 0 Å². The number of nitrogens with two attached hydrogens (primary N) is 1. The van der Waals surface area contributed by atoms with Crippen molar-refractivity contribution in [2.75, 3.05) is 12.3 Å². The minimum Gasteiger partial charge on any atom is -0.397 e. The summed E-state index contributed by atoms with van der Waals surface area (Å²) in [4.78, 5) is 4.87. The highest BCUT2D eigenvalue weighted by Crippen LogP contribution is 2.40. The number of nitrogens with one attached hydrogen (secondary N) is 1. The first kappa shape index (κ1) is 16.6. The number of fused-ring (bicyclic) bond motifs is 1. The average Bonchev–Trinajstić information content (AvgIpc) is 2.60. The van der Waals surface area contributed by atoms with Gasteiger partial charge in [0.25, 0.3) is 0 Å². The molecule has 0 saturated carbocycles. The van der Waals surface area contributed by atoms with Gasteiger partial charge in [0, 0.05) is 18.2 Å². The number of hydrogen-bond donors (Lipinski definition) is 2. The molecule has 0 amide bonds. The summed E-state index contributed by atoms with van der Waals surface area (Å²) in [6.07, 6.45) is 8.94. The highest BCUT2D eigenvalue weighted by atomic mass is 15.0. The molecule has 0 fully saturated rings. The summed E-state index contributed by atoms with van der Waals surface area (Å²) in [7, 11) is 0. The predicted octanol–water partition coefficient (Wildman–Crippen LogP) is 5.55.